The lowest BCUT2D eigenvalue weighted by molar-refractivity contribution is 0.425. The predicted molar refractivity (Wildman–Crippen MR) is 68.6 cm³/mol. The Labute approximate surface area is 102 Å². The van der Waals surface area contributed by atoms with Crippen LogP contribution in [0.4, 0.5) is 0 Å². The molecule has 0 aliphatic rings. The van der Waals surface area contributed by atoms with E-state index in [4.69, 9.17) is 16.0 Å². The van der Waals surface area contributed by atoms with Crippen molar-refractivity contribution in [1.82, 2.24) is 0 Å². The lowest BCUT2D eigenvalue weighted by Crippen LogP contribution is -2.31. The van der Waals surface area contributed by atoms with Gasteiger partial charge < -0.3 is 14.5 Å². The van der Waals surface area contributed by atoms with Crippen LogP contribution in [0.2, 0.25) is 5.02 Å². The van der Waals surface area contributed by atoms with Crippen LogP contribution in [0.3, 0.4) is 0 Å². The molecule has 0 spiro atoms. The fourth-order valence-electron chi connectivity index (χ4n) is 2.03. The van der Waals surface area contributed by atoms with Crippen molar-refractivity contribution < 1.29 is 14.5 Å². The van der Waals surface area contributed by atoms with E-state index in [-0.39, 0.29) is 10.5 Å². The van der Waals surface area contributed by atoms with Crippen molar-refractivity contribution in [2.75, 3.05) is 0 Å². The number of fused-ring (bicyclic) bond motifs is 3. The van der Waals surface area contributed by atoms with E-state index >= 15 is 0 Å². The zero-order valence-corrected chi connectivity index (χ0v) is 9.48. The number of benzene rings is 2. The third-order valence-corrected chi connectivity index (χ3v) is 3.12. The molecule has 0 atom stereocenters. The first-order chi connectivity index (χ1) is 8.18. The average Bonchev–Trinajstić information content (AvgIpc) is 2.66. The van der Waals surface area contributed by atoms with Crippen LogP contribution < -0.4 is 5.46 Å². The lowest BCUT2D eigenvalue weighted by Gasteiger charge is -2.02. The summed E-state index contributed by atoms with van der Waals surface area (Å²) in [4.78, 5) is 0. The van der Waals surface area contributed by atoms with Gasteiger partial charge in [-0.2, -0.15) is 0 Å². The summed E-state index contributed by atoms with van der Waals surface area (Å²) in [6, 6.07) is 11.0. The summed E-state index contributed by atoms with van der Waals surface area (Å²) >= 11 is 5.95. The van der Waals surface area contributed by atoms with Gasteiger partial charge in [0.05, 0.1) is 0 Å². The van der Waals surface area contributed by atoms with E-state index in [0.29, 0.717) is 11.2 Å². The SMILES string of the molecule is OB(O)c1c(Cl)ccc2c1oc1ccccc12. The van der Waals surface area contributed by atoms with Crippen molar-refractivity contribution in [2.45, 2.75) is 0 Å². The van der Waals surface area contributed by atoms with Crippen LogP contribution in [-0.4, -0.2) is 17.2 Å². The van der Waals surface area contributed by atoms with Gasteiger partial charge in [-0.25, -0.2) is 0 Å². The molecule has 0 aliphatic heterocycles. The molecule has 2 N–H and O–H groups in total. The molecule has 0 unspecified atom stereocenters. The molecule has 0 saturated heterocycles. The van der Waals surface area contributed by atoms with E-state index in [1.54, 1.807) is 6.07 Å². The Morgan fingerprint density at radius 3 is 2.53 bits per heavy atom. The molecule has 0 amide bonds. The summed E-state index contributed by atoms with van der Waals surface area (Å²) in [6.45, 7) is 0. The number of furan rings is 1. The van der Waals surface area contributed by atoms with Crippen molar-refractivity contribution in [2.24, 2.45) is 0 Å². The van der Waals surface area contributed by atoms with Crippen molar-refractivity contribution >= 4 is 46.1 Å². The molecule has 1 aromatic heterocycles. The summed E-state index contributed by atoms with van der Waals surface area (Å²) in [5, 5.41) is 20.7. The Morgan fingerprint density at radius 1 is 1.00 bits per heavy atom. The molecule has 2 aromatic carbocycles. The van der Waals surface area contributed by atoms with Crippen molar-refractivity contribution in [3.05, 3.63) is 41.4 Å². The first-order valence-electron chi connectivity index (χ1n) is 5.14. The minimum atomic E-state index is -1.65. The maximum absolute atomic E-state index is 9.34. The van der Waals surface area contributed by atoms with E-state index in [9.17, 15) is 10.0 Å². The Bertz CT molecular complexity index is 705. The van der Waals surface area contributed by atoms with E-state index in [2.05, 4.69) is 0 Å². The second-order valence-corrected chi connectivity index (χ2v) is 4.22. The lowest BCUT2D eigenvalue weighted by atomic mass is 9.79. The molecule has 1 heterocycles. The van der Waals surface area contributed by atoms with Gasteiger partial charge in [0.1, 0.15) is 11.2 Å². The van der Waals surface area contributed by atoms with Crippen LogP contribution in [0.1, 0.15) is 0 Å². The zero-order chi connectivity index (χ0) is 12.0. The summed E-state index contributed by atoms with van der Waals surface area (Å²) in [7, 11) is -1.65. The Morgan fingerprint density at radius 2 is 1.76 bits per heavy atom. The number of rotatable bonds is 1. The molecule has 17 heavy (non-hydrogen) atoms. The van der Waals surface area contributed by atoms with Crippen molar-refractivity contribution in [3.63, 3.8) is 0 Å². The molecule has 0 bridgehead atoms. The van der Waals surface area contributed by atoms with Gasteiger partial charge in [0, 0.05) is 21.3 Å². The number of hydrogen-bond donors (Lipinski definition) is 2. The van der Waals surface area contributed by atoms with Gasteiger partial charge in [0.25, 0.3) is 0 Å². The van der Waals surface area contributed by atoms with Crippen LogP contribution in [0, 0.1) is 0 Å². The molecule has 0 saturated carbocycles. The molecule has 0 radical (unpaired) electrons. The van der Waals surface area contributed by atoms with Crippen LogP contribution >= 0.6 is 11.6 Å². The first-order valence-corrected chi connectivity index (χ1v) is 5.52. The Kier molecular flexibility index (Phi) is 2.36. The highest BCUT2D eigenvalue weighted by Gasteiger charge is 2.22. The largest absolute Gasteiger partial charge is 0.493 e. The zero-order valence-electron chi connectivity index (χ0n) is 8.72. The molecule has 84 valence electrons. The summed E-state index contributed by atoms with van der Waals surface area (Å²) in [5.74, 6) is 0. The summed E-state index contributed by atoms with van der Waals surface area (Å²) < 4.78 is 5.62. The van der Waals surface area contributed by atoms with Crippen LogP contribution in [0.25, 0.3) is 21.9 Å². The Hall–Kier alpha value is -1.49. The van der Waals surface area contributed by atoms with Gasteiger partial charge >= 0.3 is 7.12 Å². The van der Waals surface area contributed by atoms with Gasteiger partial charge in [0.15, 0.2) is 0 Å². The molecule has 5 heteroatoms. The average molecular weight is 246 g/mol. The number of para-hydroxylation sites is 1. The highest BCUT2D eigenvalue weighted by Crippen LogP contribution is 2.29. The van der Waals surface area contributed by atoms with Gasteiger partial charge in [-0.15, -0.1) is 0 Å². The monoisotopic (exact) mass is 246 g/mol. The topological polar surface area (TPSA) is 53.6 Å². The molecule has 0 fully saturated rings. The highest BCUT2D eigenvalue weighted by atomic mass is 35.5. The van der Waals surface area contributed by atoms with Crippen LogP contribution in [-0.2, 0) is 0 Å². The summed E-state index contributed by atoms with van der Waals surface area (Å²) in [6.07, 6.45) is 0. The number of hydrogen-bond acceptors (Lipinski definition) is 3. The smallest absolute Gasteiger partial charge is 0.456 e. The fourth-order valence-corrected chi connectivity index (χ4v) is 2.27. The maximum Gasteiger partial charge on any atom is 0.493 e. The van der Waals surface area contributed by atoms with Gasteiger partial charge in [-0.05, 0) is 18.2 Å². The van der Waals surface area contributed by atoms with Crippen molar-refractivity contribution in [1.29, 1.82) is 0 Å². The fraction of sp³-hybridized carbons (Fsp3) is 0. The Balaban J connectivity index is 2.51. The van der Waals surface area contributed by atoms with Gasteiger partial charge in [-0.3, -0.25) is 0 Å². The van der Waals surface area contributed by atoms with Crippen LogP contribution in [0.15, 0.2) is 40.8 Å². The van der Waals surface area contributed by atoms with Gasteiger partial charge in [-0.1, -0.05) is 29.8 Å². The normalized spacial score (nSPS) is 11.2. The third kappa shape index (κ3) is 1.53. The van der Waals surface area contributed by atoms with E-state index in [1.165, 1.54) is 0 Å². The third-order valence-electron chi connectivity index (χ3n) is 2.79. The standard InChI is InChI=1S/C12H8BClO3/c14-9-6-5-8-7-3-1-2-4-10(7)17-12(8)11(9)13(15)16/h1-6,15-16H. The van der Waals surface area contributed by atoms with Gasteiger partial charge in [0.2, 0.25) is 0 Å². The molecule has 3 aromatic rings. The van der Waals surface area contributed by atoms with E-state index in [1.807, 2.05) is 30.3 Å². The molecule has 3 nitrogen and oxygen atoms in total. The predicted octanol–water partition coefficient (Wildman–Crippen LogP) is 1.92. The molecule has 3 rings (SSSR count). The summed E-state index contributed by atoms with van der Waals surface area (Å²) in [5.41, 5.74) is 1.33. The minimum Gasteiger partial charge on any atom is -0.456 e. The van der Waals surface area contributed by atoms with Crippen LogP contribution in [0.5, 0.6) is 0 Å². The second kappa shape index (κ2) is 3.77. The van der Waals surface area contributed by atoms with Crippen molar-refractivity contribution in [3.8, 4) is 0 Å². The second-order valence-electron chi connectivity index (χ2n) is 3.81. The molecular formula is C12H8BClO3. The maximum atomic E-state index is 9.34. The molecular weight excluding hydrogens is 238 g/mol. The highest BCUT2D eigenvalue weighted by molar-refractivity contribution is 6.65. The quantitative estimate of drug-likeness (QED) is 0.645. The minimum absolute atomic E-state index is 0.209. The first kappa shape index (κ1) is 10.7. The molecule has 0 aliphatic carbocycles. The number of halogens is 1. The van der Waals surface area contributed by atoms with E-state index in [0.717, 1.165) is 10.8 Å². The van der Waals surface area contributed by atoms with E-state index < -0.39 is 7.12 Å².